The first-order chi connectivity index (χ1) is 12.2. The largest absolute Gasteiger partial charge is 0.351 e. The van der Waals surface area contributed by atoms with Crippen molar-refractivity contribution in [3.8, 4) is 0 Å². The second kappa shape index (κ2) is 9.48. The van der Waals surface area contributed by atoms with Crippen LogP contribution in [0.25, 0.3) is 0 Å². The van der Waals surface area contributed by atoms with Crippen molar-refractivity contribution in [1.82, 2.24) is 15.1 Å². The molecule has 134 valence electrons. The van der Waals surface area contributed by atoms with E-state index in [0.29, 0.717) is 13.1 Å². The molecular formula is C19H24BrN3OS. The molecule has 0 aliphatic carbocycles. The van der Waals surface area contributed by atoms with Crippen molar-refractivity contribution in [3.05, 3.63) is 56.7 Å². The van der Waals surface area contributed by atoms with Gasteiger partial charge >= 0.3 is 0 Å². The molecule has 0 saturated carbocycles. The summed E-state index contributed by atoms with van der Waals surface area (Å²) in [5.74, 6) is 0.111. The summed E-state index contributed by atoms with van der Waals surface area (Å²) in [6.45, 7) is 6.15. The van der Waals surface area contributed by atoms with Gasteiger partial charge in [-0.15, -0.1) is 11.3 Å². The number of nitrogens with one attached hydrogen (secondary N) is 1. The van der Waals surface area contributed by atoms with Gasteiger partial charge in [-0.1, -0.05) is 30.3 Å². The van der Waals surface area contributed by atoms with Crippen molar-refractivity contribution < 1.29 is 4.79 Å². The summed E-state index contributed by atoms with van der Waals surface area (Å²) in [4.78, 5) is 18.3. The molecular weight excluding hydrogens is 398 g/mol. The zero-order chi connectivity index (χ0) is 17.5. The normalized spacial score (nSPS) is 16.5. The smallest absolute Gasteiger partial charge is 0.234 e. The highest BCUT2D eigenvalue weighted by atomic mass is 79.9. The van der Waals surface area contributed by atoms with E-state index in [1.54, 1.807) is 11.3 Å². The molecule has 1 amide bonds. The number of carbonyl (C=O) groups is 1. The molecule has 25 heavy (non-hydrogen) atoms. The zero-order valence-corrected chi connectivity index (χ0v) is 16.7. The number of benzene rings is 1. The summed E-state index contributed by atoms with van der Waals surface area (Å²) < 4.78 is 1.19. The second-order valence-corrected chi connectivity index (χ2v) is 8.92. The summed E-state index contributed by atoms with van der Waals surface area (Å²) in [6.07, 6.45) is 1.11. The van der Waals surface area contributed by atoms with Gasteiger partial charge in [0.2, 0.25) is 5.91 Å². The molecule has 4 nitrogen and oxygen atoms in total. The van der Waals surface area contributed by atoms with Gasteiger partial charge in [0.05, 0.1) is 10.3 Å². The lowest BCUT2D eigenvalue weighted by Crippen LogP contribution is -2.39. The fraction of sp³-hybridized carbons (Fsp3) is 0.421. The summed E-state index contributed by atoms with van der Waals surface area (Å²) in [5, 5.41) is 3.02. The molecule has 3 rings (SSSR count). The number of hydrogen-bond acceptors (Lipinski definition) is 4. The average molecular weight is 422 g/mol. The van der Waals surface area contributed by atoms with E-state index in [9.17, 15) is 4.79 Å². The number of hydrogen-bond donors (Lipinski definition) is 1. The maximum absolute atomic E-state index is 12.2. The average Bonchev–Trinajstić information content (AvgIpc) is 2.90. The minimum atomic E-state index is 0.111. The number of carbonyl (C=O) groups excluding carboxylic acids is 1. The Labute approximate surface area is 162 Å². The molecule has 0 atom stereocenters. The fourth-order valence-electron chi connectivity index (χ4n) is 3.05. The van der Waals surface area contributed by atoms with Crippen LogP contribution in [-0.2, 0) is 17.9 Å². The minimum absolute atomic E-state index is 0.111. The van der Waals surface area contributed by atoms with Crippen LogP contribution in [0.5, 0.6) is 0 Å². The molecule has 2 heterocycles. The Kier molecular flexibility index (Phi) is 7.04. The van der Waals surface area contributed by atoms with E-state index in [1.807, 2.05) is 30.3 Å². The molecule has 2 aromatic rings. The molecule has 1 fully saturated rings. The number of amides is 1. The molecule has 1 aliphatic heterocycles. The van der Waals surface area contributed by atoms with E-state index in [0.717, 1.165) is 44.7 Å². The van der Waals surface area contributed by atoms with Crippen molar-refractivity contribution in [1.29, 1.82) is 0 Å². The quantitative estimate of drug-likeness (QED) is 0.776. The van der Waals surface area contributed by atoms with Crippen molar-refractivity contribution in [2.45, 2.75) is 19.5 Å². The third-order valence-corrected chi connectivity index (χ3v) is 6.00. The number of thiophene rings is 1. The van der Waals surface area contributed by atoms with Crippen LogP contribution in [0.15, 0.2) is 46.3 Å². The van der Waals surface area contributed by atoms with E-state index in [4.69, 9.17) is 0 Å². The van der Waals surface area contributed by atoms with Gasteiger partial charge in [-0.05, 0) is 53.1 Å². The van der Waals surface area contributed by atoms with Gasteiger partial charge in [0, 0.05) is 31.1 Å². The predicted molar refractivity (Wildman–Crippen MR) is 107 cm³/mol. The van der Waals surface area contributed by atoms with Crippen LogP contribution in [-0.4, -0.2) is 48.4 Å². The zero-order valence-electron chi connectivity index (χ0n) is 14.3. The highest BCUT2D eigenvalue weighted by Gasteiger charge is 2.17. The van der Waals surface area contributed by atoms with Gasteiger partial charge in [-0.25, -0.2) is 0 Å². The Morgan fingerprint density at radius 1 is 1.04 bits per heavy atom. The number of nitrogens with zero attached hydrogens (tertiary/aromatic N) is 2. The maximum atomic E-state index is 12.2. The van der Waals surface area contributed by atoms with Gasteiger partial charge in [0.1, 0.15) is 0 Å². The van der Waals surface area contributed by atoms with Crippen molar-refractivity contribution in [3.63, 3.8) is 0 Å². The second-order valence-electron chi connectivity index (χ2n) is 6.37. The molecule has 0 bridgehead atoms. The minimum Gasteiger partial charge on any atom is -0.351 e. The monoisotopic (exact) mass is 421 g/mol. The predicted octanol–water partition coefficient (Wildman–Crippen LogP) is 3.33. The number of halogens is 1. The molecule has 1 aliphatic rings. The van der Waals surface area contributed by atoms with Crippen molar-refractivity contribution >= 4 is 33.2 Å². The van der Waals surface area contributed by atoms with Crippen LogP contribution >= 0.6 is 27.3 Å². The molecule has 0 unspecified atom stereocenters. The summed E-state index contributed by atoms with van der Waals surface area (Å²) in [6, 6.07) is 14.4. The first-order valence-corrected chi connectivity index (χ1v) is 10.3. The summed E-state index contributed by atoms with van der Waals surface area (Å²) in [7, 11) is 0. The Balaban J connectivity index is 1.41. The molecule has 1 aromatic carbocycles. The van der Waals surface area contributed by atoms with E-state index >= 15 is 0 Å². The lowest BCUT2D eigenvalue weighted by Gasteiger charge is -2.21. The highest BCUT2D eigenvalue weighted by molar-refractivity contribution is 9.11. The Morgan fingerprint density at radius 2 is 1.80 bits per heavy atom. The van der Waals surface area contributed by atoms with Gasteiger partial charge in [-0.3, -0.25) is 14.6 Å². The van der Waals surface area contributed by atoms with Crippen LogP contribution < -0.4 is 5.32 Å². The third-order valence-electron chi connectivity index (χ3n) is 4.39. The van der Waals surface area contributed by atoms with Crippen LogP contribution in [0.1, 0.15) is 16.9 Å². The van der Waals surface area contributed by atoms with Crippen LogP contribution in [0.3, 0.4) is 0 Å². The number of rotatable bonds is 6. The topological polar surface area (TPSA) is 35.6 Å². The molecule has 1 saturated heterocycles. The Morgan fingerprint density at radius 3 is 2.56 bits per heavy atom. The standard InChI is InChI=1S/C19H24BrN3OS/c20-18-8-7-17(25-18)14-22-9-4-10-23(12-11-22)15-19(24)21-13-16-5-2-1-3-6-16/h1-3,5-8H,4,9-15H2,(H,21,24). The summed E-state index contributed by atoms with van der Waals surface area (Å²) >= 11 is 5.33. The first kappa shape index (κ1) is 18.6. The van der Waals surface area contributed by atoms with Crippen molar-refractivity contribution in [2.75, 3.05) is 32.7 Å². The van der Waals surface area contributed by atoms with Crippen LogP contribution in [0, 0.1) is 0 Å². The summed E-state index contributed by atoms with van der Waals surface area (Å²) in [5.41, 5.74) is 1.14. The first-order valence-electron chi connectivity index (χ1n) is 8.68. The van der Waals surface area contributed by atoms with E-state index in [2.05, 4.69) is 43.2 Å². The molecule has 6 heteroatoms. The van der Waals surface area contributed by atoms with Gasteiger partial charge < -0.3 is 5.32 Å². The van der Waals surface area contributed by atoms with E-state index < -0.39 is 0 Å². The third kappa shape index (κ3) is 6.22. The molecule has 1 N–H and O–H groups in total. The van der Waals surface area contributed by atoms with Crippen molar-refractivity contribution in [2.24, 2.45) is 0 Å². The Hall–Kier alpha value is -1.21. The van der Waals surface area contributed by atoms with E-state index in [1.165, 1.54) is 8.66 Å². The van der Waals surface area contributed by atoms with Gasteiger partial charge in [0.15, 0.2) is 0 Å². The van der Waals surface area contributed by atoms with Gasteiger partial charge in [-0.2, -0.15) is 0 Å². The fourth-order valence-corrected chi connectivity index (χ4v) is 4.58. The lowest BCUT2D eigenvalue weighted by atomic mass is 10.2. The van der Waals surface area contributed by atoms with E-state index in [-0.39, 0.29) is 5.91 Å². The molecule has 1 aromatic heterocycles. The SMILES string of the molecule is O=C(CN1CCCN(Cc2ccc(Br)s2)CC1)NCc1ccccc1. The highest BCUT2D eigenvalue weighted by Crippen LogP contribution is 2.23. The molecule has 0 radical (unpaired) electrons. The maximum Gasteiger partial charge on any atom is 0.234 e. The lowest BCUT2D eigenvalue weighted by molar-refractivity contribution is -0.122. The Bertz CT molecular complexity index is 676. The van der Waals surface area contributed by atoms with Gasteiger partial charge in [0.25, 0.3) is 0 Å². The van der Waals surface area contributed by atoms with Crippen LogP contribution in [0.4, 0.5) is 0 Å². The van der Waals surface area contributed by atoms with Crippen LogP contribution in [0.2, 0.25) is 0 Å². The molecule has 0 spiro atoms.